The Morgan fingerprint density at radius 3 is 2.35 bits per heavy atom. The van der Waals surface area contributed by atoms with E-state index in [0.717, 1.165) is 29.5 Å². The Bertz CT molecular complexity index is 947. The van der Waals surface area contributed by atoms with Gasteiger partial charge in [0.15, 0.2) is 0 Å². The van der Waals surface area contributed by atoms with E-state index >= 15 is 0 Å². The summed E-state index contributed by atoms with van der Waals surface area (Å²) in [6, 6.07) is 11.9. The molecule has 2 aromatic rings. The van der Waals surface area contributed by atoms with Crippen LogP contribution >= 0.6 is 0 Å². The molecule has 0 radical (unpaired) electrons. The molecule has 4 rings (SSSR count). The Hall–Kier alpha value is -2.40. The lowest BCUT2D eigenvalue weighted by molar-refractivity contribution is -0.141. The first-order valence-corrected chi connectivity index (χ1v) is 12.7. The van der Waals surface area contributed by atoms with E-state index in [1.807, 2.05) is 24.3 Å². The zero-order valence-electron chi connectivity index (χ0n) is 20.8. The largest absolute Gasteiger partial charge is 0.508 e. The van der Waals surface area contributed by atoms with Gasteiger partial charge in [-0.15, -0.1) is 0 Å². The third-order valence-corrected chi connectivity index (χ3v) is 7.40. The Balaban J connectivity index is 0.000000271. The van der Waals surface area contributed by atoms with Gasteiger partial charge in [0.25, 0.3) is 0 Å². The average Bonchev–Trinajstić information content (AvgIpc) is 3.28. The summed E-state index contributed by atoms with van der Waals surface area (Å²) in [5, 5.41) is 21.7. The number of carboxylic acids is 1. The quantitative estimate of drug-likeness (QED) is 0.435. The summed E-state index contributed by atoms with van der Waals surface area (Å²) in [6.45, 7) is 7.75. The molecule has 3 N–H and O–H groups in total. The van der Waals surface area contributed by atoms with Crippen molar-refractivity contribution in [3.8, 4) is 16.9 Å². The van der Waals surface area contributed by atoms with Gasteiger partial charge in [0.2, 0.25) is 0 Å². The number of nitrogens with one attached hydrogen (secondary N) is 1. The highest BCUT2D eigenvalue weighted by atomic mass is 19.1. The fourth-order valence-corrected chi connectivity index (χ4v) is 5.21. The van der Waals surface area contributed by atoms with Crippen molar-refractivity contribution in [2.75, 3.05) is 0 Å². The first-order valence-electron chi connectivity index (χ1n) is 12.7. The lowest BCUT2D eigenvalue weighted by Gasteiger charge is -2.33. The van der Waals surface area contributed by atoms with Crippen LogP contribution in [0.5, 0.6) is 5.75 Å². The van der Waals surface area contributed by atoms with E-state index in [1.54, 1.807) is 6.07 Å². The SMILES string of the molecule is CC(C)(C)C1CCCCC1.O=C(O)C1CCC(NCc2cccc(-c3ccc(O)cc3F)c2)C1. The predicted molar refractivity (Wildman–Crippen MR) is 135 cm³/mol. The van der Waals surface area contributed by atoms with Crippen molar-refractivity contribution in [2.24, 2.45) is 17.3 Å². The van der Waals surface area contributed by atoms with Gasteiger partial charge < -0.3 is 15.5 Å². The van der Waals surface area contributed by atoms with Gasteiger partial charge in [-0.05, 0) is 72.8 Å². The molecule has 186 valence electrons. The monoisotopic (exact) mass is 469 g/mol. The molecule has 0 aliphatic heterocycles. The molecule has 2 aromatic carbocycles. The second-order valence-corrected chi connectivity index (χ2v) is 11.0. The number of phenols is 1. The fraction of sp³-hybridized carbons (Fsp3) is 0.552. The third-order valence-electron chi connectivity index (χ3n) is 7.40. The van der Waals surface area contributed by atoms with Crippen molar-refractivity contribution in [2.45, 2.75) is 84.7 Å². The van der Waals surface area contributed by atoms with Crippen LogP contribution in [0.15, 0.2) is 42.5 Å². The van der Waals surface area contributed by atoms with Crippen molar-refractivity contribution in [1.82, 2.24) is 5.32 Å². The van der Waals surface area contributed by atoms with Gasteiger partial charge in [0, 0.05) is 24.2 Å². The Labute approximate surface area is 203 Å². The van der Waals surface area contributed by atoms with Gasteiger partial charge in [-0.1, -0.05) is 58.2 Å². The zero-order chi connectivity index (χ0) is 24.7. The van der Waals surface area contributed by atoms with Crippen LogP contribution in [0.1, 0.15) is 77.7 Å². The number of hydrogen-bond donors (Lipinski definition) is 3. The molecule has 2 atom stereocenters. The van der Waals surface area contributed by atoms with Gasteiger partial charge in [-0.3, -0.25) is 4.79 Å². The topological polar surface area (TPSA) is 69.6 Å². The van der Waals surface area contributed by atoms with E-state index in [4.69, 9.17) is 5.11 Å². The van der Waals surface area contributed by atoms with Gasteiger partial charge in [-0.2, -0.15) is 0 Å². The van der Waals surface area contributed by atoms with Crippen molar-refractivity contribution in [3.63, 3.8) is 0 Å². The minimum Gasteiger partial charge on any atom is -0.508 e. The van der Waals surface area contributed by atoms with Crippen LogP contribution in [0.2, 0.25) is 0 Å². The van der Waals surface area contributed by atoms with Crippen molar-refractivity contribution < 1.29 is 19.4 Å². The molecule has 0 heterocycles. The molecule has 0 amide bonds. The maximum Gasteiger partial charge on any atom is 0.306 e. The van der Waals surface area contributed by atoms with Crippen LogP contribution in [0, 0.1) is 23.1 Å². The van der Waals surface area contributed by atoms with Crippen LogP contribution in [0.25, 0.3) is 11.1 Å². The molecule has 2 unspecified atom stereocenters. The maximum absolute atomic E-state index is 14.0. The number of phenolic OH excluding ortho intramolecular Hbond substituents is 1. The highest BCUT2D eigenvalue weighted by Crippen LogP contribution is 2.37. The number of halogens is 1. The maximum atomic E-state index is 14.0. The number of hydrogen-bond acceptors (Lipinski definition) is 3. The van der Waals surface area contributed by atoms with E-state index < -0.39 is 11.8 Å². The summed E-state index contributed by atoms with van der Waals surface area (Å²) in [6.07, 6.45) is 9.61. The standard InChI is InChI=1S/C19H20FNO3.C10H20/c20-18-10-16(22)6-7-17(18)13-3-1-2-12(8-13)11-21-15-5-4-14(9-15)19(23)24;1-10(2,3)9-7-5-4-6-8-9/h1-3,6-8,10,14-15,21-22H,4-5,9,11H2,(H,23,24);9H,4-8H2,1-3H3. The minimum atomic E-state index is -0.718. The summed E-state index contributed by atoms with van der Waals surface area (Å²) in [5.41, 5.74) is 2.78. The molecular formula is C29H40FNO3. The molecule has 0 spiro atoms. The minimum absolute atomic E-state index is 0.0942. The molecule has 2 fully saturated rings. The first-order chi connectivity index (χ1) is 16.1. The van der Waals surface area contributed by atoms with Crippen LogP contribution in [0.4, 0.5) is 4.39 Å². The molecule has 4 nitrogen and oxygen atoms in total. The van der Waals surface area contributed by atoms with Crippen LogP contribution < -0.4 is 5.32 Å². The Morgan fingerprint density at radius 2 is 1.76 bits per heavy atom. The van der Waals surface area contributed by atoms with E-state index in [0.29, 0.717) is 30.4 Å². The Kier molecular flexibility index (Phi) is 9.12. The zero-order valence-corrected chi connectivity index (χ0v) is 20.8. The summed E-state index contributed by atoms with van der Waals surface area (Å²) in [7, 11) is 0. The van der Waals surface area contributed by atoms with Crippen LogP contribution in [0.3, 0.4) is 0 Å². The van der Waals surface area contributed by atoms with Gasteiger partial charge in [0.05, 0.1) is 5.92 Å². The lowest BCUT2D eigenvalue weighted by atomic mass is 9.72. The van der Waals surface area contributed by atoms with E-state index in [9.17, 15) is 14.3 Å². The number of aliphatic carboxylic acids is 1. The second-order valence-electron chi connectivity index (χ2n) is 11.0. The number of carbonyl (C=O) groups is 1. The lowest BCUT2D eigenvalue weighted by Crippen LogP contribution is -2.26. The van der Waals surface area contributed by atoms with E-state index in [2.05, 4.69) is 26.1 Å². The normalized spacial score (nSPS) is 21.1. The van der Waals surface area contributed by atoms with E-state index in [1.165, 1.54) is 38.2 Å². The summed E-state index contributed by atoms with van der Waals surface area (Å²) in [5.74, 6) is -0.520. The molecule has 2 saturated carbocycles. The Morgan fingerprint density at radius 1 is 1.03 bits per heavy atom. The highest BCUT2D eigenvalue weighted by molar-refractivity contribution is 5.70. The number of carboxylic acid groups (broad SMARTS) is 1. The predicted octanol–water partition coefficient (Wildman–Crippen LogP) is 7.15. The third kappa shape index (κ3) is 7.56. The second kappa shape index (κ2) is 11.8. The summed E-state index contributed by atoms with van der Waals surface area (Å²) in [4.78, 5) is 11.0. The van der Waals surface area contributed by atoms with Crippen LogP contribution in [-0.2, 0) is 11.3 Å². The van der Waals surface area contributed by atoms with Crippen molar-refractivity contribution in [3.05, 3.63) is 53.8 Å². The molecule has 2 aliphatic carbocycles. The summed E-state index contributed by atoms with van der Waals surface area (Å²) >= 11 is 0. The molecular weight excluding hydrogens is 429 g/mol. The van der Waals surface area contributed by atoms with Crippen molar-refractivity contribution >= 4 is 5.97 Å². The molecule has 2 aliphatic rings. The first kappa shape index (κ1) is 26.2. The summed E-state index contributed by atoms with van der Waals surface area (Å²) < 4.78 is 14.0. The molecule has 5 heteroatoms. The highest BCUT2D eigenvalue weighted by Gasteiger charge is 2.29. The van der Waals surface area contributed by atoms with Crippen LogP contribution in [-0.4, -0.2) is 22.2 Å². The molecule has 34 heavy (non-hydrogen) atoms. The van der Waals surface area contributed by atoms with Gasteiger partial charge >= 0.3 is 5.97 Å². The molecule has 0 aromatic heterocycles. The molecule has 0 saturated heterocycles. The number of rotatable bonds is 5. The number of benzene rings is 2. The smallest absolute Gasteiger partial charge is 0.306 e. The number of aromatic hydroxyl groups is 1. The molecule has 0 bridgehead atoms. The van der Waals surface area contributed by atoms with E-state index in [-0.39, 0.29) is 17.7 Å². The fourth-order valence-electron chi connectivity index (χ4n) is 5.21. The van der Waals surface area contributed by atoms with Gasteiger partial charge in [0.1, 0.15) is 11.6 Å². The van der Waals surface area contributed by atoms with Gasteiger partial charge in [-0.25, -0.2) is 4.39 Å². The average molecular weight is 470 g/mol. The van der Waals surface area contributed by atoms with Crippen molar-refractivity contribution in [1.29, 1.82) is 0 Å².